The van der Waals surface area contributed by atoms with E-state index in [2.05, 4.69) is 17.5 Å². The highest BCUT2D eigenvalue weighted by Gasteiger charge is 2.26. The van der Waals surface area contributed by atoms with Gasteiger partial charge in [-0.1, -0.05) is 0 Å². The molecule has 0 radical (unpaired) electrons. The predicted octanol–water partition coefficient (Wildman–Crippen LogP) is 1.18. The van der Waals surface area contributed by atoms with E-state index in [1.807, 2.05) is 0 Å². The second-order valence-corrected chi connectivity index (χ2v) is 3.60. The van der Waals surface area contributed by atoms with Gasteiger partial charge in [0.05, 0.1) is 12.1 Å². The second-order valence-electron chi connectivity index (χ2n) is 3.60. The number of hydrogen-bond acceptors (Lipinski definition) is 3. The summed E-state index contributed by atoms with van der Waals surface area (Å²) in [6.07, 6.45) is 0. The molecule has 0 spiro atoms. The molecule has 3 heteroatoms. The molecule has 1 N–H and O–H groups in total. The molecule has 0 aromatic carbocycles. The number of nitrogens with zero attached hydrogens (tertiary/aromatic N) is 2. The molecule has 0 bridgehead atoms. The Bertz CT molecular complexity index is 190. The maximum absolute atomic E-state index is 8.63. The van der Waals surface area contributed by atoms with Crippen LogP contribution < -0.4 is 5.32 Å². The van der Waals surface area contributed by atoms with Gasteiger partial charge < -0.3 is 0 Å². The van der Waals surface area contributed by atoms with E-state index in [9.17, 15) is 0 Å². The highest BCUT2D eigenvalue weighted by Crippen LogP contribution is 2.08. The van der Waals surface area contributed by atoms with Crippen LogP contribution in [0.25, 0.3) is 0 Å². The van der Waals surface area contributed by atoms with Gasteiger partial charge in [0.2, 0.25) is 0 Å². The number of rotatable bonds is 2. The third kappa shape index (κ3) is 3.60. The van der Waals surface area contributed by atoms with Gasteiger partial charge in [0.15, 0.2) is 0 Å². The van der Waals surface area contributed by atoms with E-state index < -0.39 is 11.1 Å². The van der Waals surface area contributed by atoms with Crippen LogP contribution in [-0.2, 0) is 0 Å². The summed E-state index contributed by atoms with van der Waals surface area (Å²) in [5.74, 6) is 0. The van der Waals surface area contributed by atoms with Crippen molar-refractivity contribution in [3.05, 3.63) is 0 Å². The molecule has 0 rings (SSSR count). The van der Waals surface area contributed by atoms with E-state index in [0.717, 1.165) is 0 Å². The maximum atomic E-state index is 8.63. The van der Waals surface area contributed by atoms with Gasteiger partial charge in [-0.3, -0.25) is 5.32 Å². The van der Waals surface area contributed by atoms with Gasteiger partial charge in [-0.15, -0.1) is 0 Å². The molecule has 11 heavy (non-hydrogen) atoms. The summed E-state index contributed by atoms with van der Waals surface area (Å²) in [5, 5.41) is 20.2. The Morgan fingerprint density at radius 3 is 1.36 bits per heavy atom. The summed E-state index contributed by atoms with van der Waals surface area (Å²) in [7, 11) is 0. The van der Waals surface area contributed by atoms with Crippen LogP contribution in [0.3, 0.4) is 0 Å². The Kier molecular flexibility index (Phi) is 2.62. The summed E-state index contributed by atoms with van der Waals surface area (Å²) in [4.78, 5) is 0. The Labute approximate surface area is 67.6 Å². The van der Waals surface area contributed by atoms with Gasteiger partial charge in [0.1, 0.15) is 11.1 Å². The van der Waals surface area contributed by atoms with Crippen LogP contribution in [0.5, 0.6) is 0 Å². The molecule has 0 aromatic heterocycles. The molecule has 0 unspecified atom stereocenters. The monoisotopic (exact) mass is 151 g/mol. The van der Waals surface area contributed by atoms with Crippen LogP contribution in [-0.4, -0.2) is 11.1 Å². The zero-order valence-corrected chi connectivity index (χ0v) is 7.39. The lowest BCUT2D eigenvalue weighted by atomic mass is 10.0. The Morgan fingerprint density at radius 1 is 0.909 bits per heavy atom. The van der Waals surface area contributed by atoms with Crippen molar-refractivity contribution < 1.29 is 0 Å². The summed E-state index contributed by atoms with van der Waals surface area (Å²) in [5.41, 5.74) is -1.28. The first-order chi connectivity index (χ1) is 4.83. The quantitative estimate of drug-likeness (QED) is 0.644. The summed E-state index contributed by atoms with van der Waals surface area (Å²) in [6.45, 7) is 6.97. The van der Waals surface area contributed by atoms with E-state index in [4.69, 9.17) is 10.5 Å². The van der Waals surface area contributed by atoms with Gasteiger partial charge in [-0.25, -0.2) is 0 Å². The third-order valence-electron chi connectivity index (χ3n) is 1.18. The van der Waals surface area contributed by atoms with Crippen LogP contribution >= 0.6 is 0 Å². The Morgan fingerprint density at radius 2 is 1.18 bits per heavy atom. The fraction of sp³-hybridized carbons (Fsp3) is 0.750. The molecule has 0 aliphatic rings. The van der Waals surface area contributed by atoms with Gasteiger partial charge >= 0.3 is 0 Å². The molecule has 60 valence electrons. The first-order valence-corrected chi connectivity index (χ1v) is 3.45. The van der Waals surface area contributed by atoms with E-state index in [1.54, 1.807) is 27.7 Å². The fourth-order valence-corrected chi connectivity index (χ4v) is 0.837. The molecule has 0 aliphatic carbocycles. The van der Waals surface area contributed by atoms with Crippen molar-refractivity contribution in [1.82, 2.24) is 5.32 Å². The smallest absolute Gasteiger partial charge is 0.102 e. The minimum absolute atomic E-state index is 0.640. The van der Waals surface area contributed by atoms with E-state index in [-0.39, 0.29) is 0 Å². The lowest BCUT2D eigenvalue weighted by Crippen LogP contribution is -2.50. The van der Waals surface area contributed by atoms with Gasteiger partial charge in [0.25, 0.3) is 0 Å². The standard InChI is InChI=1S/C8H13N3/c1-7(2,5-9)11-8(3,4)6-10/h11H,1-4H3. The van der Waals surface area contributed by atoms with Crippen molar-refractivity contribution in [3.63, 3.8) is 0 Å². The molecule has 0 amide bonds. The van der Waals surface area contributed by atoms with Gasteiger partial charge in [0, 0.05) is 0 Å². The largest absolute Gasteiger partial charge is 0.282 e. The number of hydrogen-bond donors (Lipinski definition) is 1. The van der Waals surface area contributed by atoms with E-state index >= 15 is 0 Å². The molecule has 0 saturated heterocycles. The molecule has 0 aromatic rings. The SMILES string of the molecule is CC(C)(C#N)NC(C)(C)C#N. The van der Waals surface area contributed by atoms with Crippen LogP contribution in [0.2, 0.25) is 0 Å². The van der Waals surface area contributed by atoms with E-state index in [0.29, 0.717) is 0 Å². The lowest BCUT2D eigenvalue weighted by Gasteiger charge is -2.26. The normalized spacial score (nSPS) is 11.8. The average Bonchev–Trinajstić information content (AvgIpc) is 1.86. The third-order valence-corrected chi connectivity index (χ3v) is 1.18. The summed E-state index contributed by atoms with van der Waals surface area (Å²) >= 11 is 0. The lowest BCUT2D eigenvalue weighted by molar-refractivity contribution is 0.376. The van der Waals surface area contributed by atoms with Crippen molar-refractivity contribution in [2.45, 2.75) is 38.8 Å². The predicted molar refractivity (Wildman–Crippen MR) is 42.5 cm³/mol. The number of nitrogens with one attached hydrogen (secondary N) is 1. The Hall–Kier alpha value is -1.06. The zero-order valence-electron chi connectivity index (χ0n) is 7.39. The van der Waals surface area contributed by atoms with Crippen molar-refractivity contribution >= 4 is 0 Å². The first kappa shape index (κ1) is 9.94. The molecule has 0 atom stereocenters. The van der Waals surface area contributed by atoms with Crippen molar-refractivity contribution in [3.8, 4) is 12.1 Å². The molecular weight excluding hydrogens is 138 g/mol. The second kappa shape index (κ2) is 2.90. The molecule has 0 aliphatic heterocycles. The van der Waals surface area contributed by atoms with Crippen LogP contribution in [0.4, 0.5) is 0 Å². The van der Waals surface area contributed by atoms with Crippen molar-refractivity contribution in [1.29, 1.82) is 10.5 Å². The van der Waals surface area contributed by atoms with Gasteiger partial charge in [-0.05, 0) is 27.7 Å². The Balaban J connectivity index is 4.31. The van der Waals surface area contributed by atoms with Gasteiger partial charge in [-0.2, -0.15) is 10.5 Å². The molecule has 0 fully saturated rings. The summed E-state index contributed by atoms with van der Waals surface area (Å²) < 4.78 is 0. The van der Waals surface area contributed by atoms with Crippen LogP contribution in [0.1, 0.15) is 27.7 Å². The maximum Gasteiger partial charge on any atom is 0.102 e. The van der Waals surface area contributed by atoms with Crippen LogP contribution in [0, 0.1) is 22.7 Å². The van der Waals surface area contributed by atoms with E-state index in [1.165, 1.54) is 0 Å². The number of nitriles is 2. The molecule has 0 saturated carbocycles. The average molecular weight is 151 g/mol. The molecule has 3 nitrogen and oxygen atoms in total. The molecule has 0 heterocycles. The topological polar surface area (TPSA) is 59.6 Å². The highest BCUT2D eigenvalue weighted by molar-refractivity contribution is 5.10. The minimum atomic E-state index is -0.640. The first-order valence-electron chi connectivity index (χ1n) is 3.45. The zero-order chi connectivity index (χ0) is 9.12. The fourth-order valence-electron chi connectivity index (χ4n) is 0.837. The summed E-state index contributed by atoms with van der Waals surface area (Å²) in [6, 6.07) is 4.14. The van der Waals surface area contributed by atoms with Crippen LogP contribution in [0.15, 0.2) is 0 Å². The van der Waals surface area contributed by atoms with Crippen molar-refractivity contribution in [2.24, 2.45) is 0 Å². The van der Waals surface area contributed by atoms with Crippen molar-refractivity contribution in [2.75, 3.05) is 0 Å². The molecular formula is C8H13N3. The minimum Gasteiger partial charge on any atom is -0.282 e. The highest BCUT2D eigenvalue weighted by atomic mass is 15.0.